The molecule has 118 valence electrons. The minimum absolute atomic E-state index is 0.543. The molecule has 0 bridgehead atoms. The molecule has 0 saturated heterocycles. The van der Waals surface area contributed by atoms with Gasteiger partial charge in [0, 0.05) is 4.47 Å². The fraction of sp³-hybridized carbons (Fsp3) is 0.211. The molecule has 0 atom stereocenters. The standard InChI is InChI=1S/C19H18BrNO2/c1-3-22-18-10-7-15(12-19(18)23-4-2)16(13-21)11-14-5-8-17(20)9-6-14/h5-12H,3-4H2,1-2H3/b16-11+. The van der Waals surface area contributed by atoms with Crippen molar-refractivity contribution in [2.24, 2.45) is 0 Å². The number of allylic oxidation sites excluding steroid dienone is 1. The van der Waals surface area contributed by atoms with Crippen LogP contribution < -0.4 is 9.47 Å². The van der Waals surface area contributed by atoms with Crippen LogP contribution in [0.2, 0.25) is 0 Å². The van der Waals surface area contributed by atoms with Gasteiger partial charge in [-0.25, -0.2) is 0 Å². The molecule has 2 rings (SSSR count). The van der Waals surface area contributed by atoms with Crippen molar-refractivity contribution >= 4 is 27.6 Å². The molecule has 0 aliphatic carbocycles. The molecular formula is C19H18BrNO2. The number of halogens is 1. The summed E-state index contributed by atoms with van der Waals surface area (Å²) >= 11 is 3.41. The third kappa shape index (κ3) is 4.61. The van der Waals surface area contributed by atoms with Crippen LogP contribution in [-0.2, 0) is 0 Å². The lowest BCUT2D eigenvalue weighted by molar-refractivity contribution is 0.287. The maximum atomic E-state index is 9.49. The lowest BCUT2D eigenvalue weighted by Crippen LogP contribution is -1.99. The summed E-state index contributed by atoms with van der Waals surface area (Å²) in [6.45, 7) is 4.96. The predicted molar refractivity (Wildman–Crippen MR) is 96.4 cm³/mol. The van der Waals surface area contributed by atoms with E-state index in [4.69, 9.17) is 9.47 Å². The molecule has 0 heterocycles. The van der Waals surface area contributed by atoms with Crippen molar-refractivity contribution in [3.8, 4) is 17.6 Å². The van der Waals surface area contributed by atoms with Gasteiger partial charge in [0.2, 0.25) is 0 Å². The van der Waals surface area contributed by atoms with E-state index in [1.54, 1.807) is 0 Å². The fourth-order valence-electron chi connectivity index (χ4n) is 2.12. The average Bonchev–Trinajstić information content (AvgIpc) is 2.56. The molecule has 0 aliphatic rings. The zero-order chi connectivity index (χ0) is 16.7. The van der Waals surface area contributed by atoms with Crippen LogP contribution in [0.25, 0.3) is 11.6 Å². The third-order valence-electron chi connectivity index (χ3n) is 3.16. The molecule has 0 saturated carbocycles. The van der Waals surface area contributed by atoms with Crippen molar-refractivity contribution < 1.29 is 9.47 Å². The number of nitrogens with zero attached hydrogens (tertiary/aromatic N) is 1. The topological polar surface area (TPSA) is 42.2 Å². The predicted octanol–water partition coefficient (Wildman–Crippen LogP) is 5.31. The summed E-state index contributed by atoms with van der Waals surface area (Å²) in [4.78, 5) is 0. The van der Waals surface area contributed by atoms with Crippen LogP contribution in [0, 0.1) is 11.3 Å². The van der Waals surface area contributed by atoms with Crippen LogP contribution in [0.15, 0.2) is 46.9 Å². The Labute approximate surface area is 145 Å². The molecule has 0 aromatic heterocycles. The van der Waals surface area contributed by atoms with E-state index >= 15 is 0 Å². The van der Waals surface area contributed by atoms with Crippen LogP contribution >= 0.6 is 15.9 Å². The van der Waals surface area contributed by atoms with Crippen molar-refractivity contribution in [2.45, 2.75) is 13.8 Å². The van der Waals surface area contributed by atoms with E-state index in [1.165, 1.54) is 0 Å². The van der Waals surface area contributed by atoms with Crippen LogP contribution in [0.4, 0.5) is 0 Å². The molecule has 0 amide bonds. The SMILES string of the molecule is CCOc1ccc(/C(C#N)=C/c2ccc(Br)cc2)cc1OCC. The van der Waals surface area contributed by atoms with E-state index in [-0.39, 0.29) is 0 Å². The first-order valence-electron chi connectivity index (χ1n) is 7.45. The molecule has 4 heteroatoms. The van der Waals surface area contributed by atoms with Gasteiger partial charge in [0.15, 0.2) is 11.5 Å². The Balaban J connectivity index is 2.39. The second-order valence-corrected chi connectivity index (χ2v) is 5.66. The summed E-state index contributed by atoms with van der Waals surface area (Å²) in [6, 6.07) is 15.6. The minimum atomic E-state index is 0.543. The Morgan fingerprint density at radius 2 is 1.70 bits per heavy atom. The summed E-state index contributed by atoms with van der Waals surface area (Å²) in [5, 5.41) is 9.49. The lowest BCUT2D eigenvalue weighted by Gasteiger charge is -2.12. The first-order valence-corrected chi connectivity index (χ1v) is 8.24. The van der Waals surface area contributed by atoms with Gasteiger partial charge < -0.3 is 9.47 Å². The minimum Gasteiger partial charge on any atom is -0.490 e. The van der Waals surface area contributed by atoms with Crippen LogP contribution in [0.1, 0.15) is 25.0 Å². The zero-order valence-electron chi connectivity index (χ0n) is 13.2. The van der Waals surface area contributed by atoms with Crippen LogP contribution in [0.3, 0.4) is 0 Å². The molecule has 2 aromatic carbocycles. The fourth-order valence-corrected chi connectivity index (χ4v) is 2.39. The smallest absolute Gasteiger partial charge is 0.161 e. The summed E-state index contributed by atoms with van der Waals surface area (Å²) in [5.41, 5.74) is 2.36. The van der Waals surface area contributed by atoms with Crippen molar-refractivity contribution in [3.05, 3.63) is 58.1 Å². The highest BCUT2D eigenvalue weighted by atomic mass is 79.9. The summed E-state index contributed by atoms with van der Waals surface area (Å²) in [7, 11) is 0. The Hall–Kier alpha value is -2.25. The molecule has 23 heavy (non-hydrogen) atoms. The van der Waals surface area contributed by atoms with Gasteiger partial charge in [-0.05, 0) is 61.4 Å². The van der Waals surface area contributed by atoms with Gasteiger partial charge in [0.05, 0.1) is 24.9 Å². The number of ether oxygens (including phenoxy) is 2. The monoisotopic (exact) mass is 371 g/mol. The van der Waals surface area contributed by atoms with E-state index < -0.39 is 0 Å². The van der Waals surface area contributed by atoms with Crippen LogP contribution in [0.5, 0.6) is 11.5 Å². The maximum Gasteiger partial charge on any atom is 0.161 e. The number of rotatable bonds is 6. The quantitative estimate of drug-likeness (QED) is 0.510. The maximum absolute atomic E-state index is 9.49. The molecule has 0 aliphatic heterocycles. The lowest BCUT2D eigenvalue weighted by atomic mass is 10.0. The number of hydrogen-bond donors (Lipinski definition) is 0. The number of nitriles is 1. The highest BCUT2D eigenvalue weighted by Crippen LogP contribution is 2.31. The number of benzene rings is 2. The van der Waals surface area contributed by atoms with Gasteiger partial charge in [-0.3, -0.25) is 0 Å². The van der Waals surface area contributed by atoms with E-state index in [1.807, 2.05) is 62.4 Å². The first kappa shape index (κ1) is 17.1. The Bertz CT molecular complexity index is 730. The molecule has 0 radical (unpaired) electrons. The Kier molecular flexibility index (Phi) is 6.25. The first-order chi connectivity index (χ1) is 11.2. The second kappa shape index (κ2) is 8.40. The van der Waals surface area contributed by atoms with Gasteiger partial charge in [-0.2, -0.15) is 5.26 Å². The zero-order valence-corrected chi connectivity index (χ0v) is 14.8. The number of hydrogen-bond acceptors (Lipinski definition) is 3. The molecule has 0 unspecified atom stereocenters. The molecule has 2 aromatic rings. The summed E-state index contributed by atoms with van der Waals surface area (Å²) < 4.78 is 12.2. The van der Waals surface area contributed by atoms with E-state index in [0.717, 1.165) is 15.6 Å². The van der Waals surface area contributed by atoms with Crippen molar-refractivity contribution in [2.75, 3.05) is 13.2 Å². The molecule has 0 N–H and O–H groups in total. The van der Waals surface area contributed by atoms with Crippen LogP contribution in [-0.4, -0.2) is 13.2 Å². The van der Waals surface area contributed by atoms with E-state index in [2.05, 4.69) is 22.0 Å². The Morgan fingerprint density at radius 3 is 2.30 bits per heavy atom. The van der Waals surface area contributed by atoms with Crippen molar-refractivity contribution in [3.63, 3.8) is 0 Å². The second-order valence-electron chi connectivity index (χ2n) is 4.75. The van der Waals surface area contributed by atoms with E-state index in [0.29, 0.717) is 30.3 Å². The molecular weight excluding hydrogens is 354 g/mol. The van der Waals surface area contributed by atoms with Crippen molar-refractivity contribution in [1.82, 2.24) is 0 Å². The van der Waals surface area contributed by atoms with Gasteiger partial charge in [-0.15, -0.1) is 0 Å². The van der Waals surface area contributed by atoms with Gasteiger partial charge in [0.25, 0.3) is 0 Å². The summed E-state index contributed by atoms with van der Waals surface area (Å²) in [6.07, 6.45) is 1.86. The van der Waals surface area contributed by atoms with Crippen molar-refractivity contribution in [1.29, 1.82) is 5.26 Å². The van der Waals surface area contributed by atoms with E-state index in [9.17, 15) is 5.26 Å². The average molecular weight is 372 g/mol. The Morgan fingerprint density at radius 1 is 1.04 bits per heavy atom. The highest BCUT2D eigenvalue weighted by Gasteiger charge is 2.09. The molecule has 0 fully saturated rings. The normalized spacial score (nSPS) is 11.0. The summed E-state index contributed by atoms with van der Waals surface area (Å²) in [5.74, 6) is 1.35. The molecule has 3 nitrogen and oxygen atoms in total. The van der Waals surface area contributed by atoms with Gasteiger partial charge >= 0.3 is 0 Å². The largest absolute Gasteiger partial charge is 0.490 e. The van der Waals surface area contributed by atoms with Gasteiger partial charge in [-0.1, -0.05) is 28.1 Å². The third-order valence-corrected chi connectivity index (χ3v) is 3.68. The van der Waals surface area contributed by atoms with Gasteiger partial charge in [0.1, 0.15) is 0 Å². The highest BCUT2D eigenvalue weighted by molar-refractivity contribution is 9.10. The molecule has 0 spiro atoms.